The highest BCUT2D eigenvalue weighted by Gasteiger charge is 2.21. The van der Waals surface area contributed by atoms with Gasteiger partial charge < -0.3 is 11.1 Å². The molecule has 0 unspecified atom stereocenters. The molecule has 0 saturated carbocycles. The maximum absolute atomic E-state index is 11.7. The lowest BCUT2D eigenvalue weighted by Crippen LogP contribution is -2.40. The molecule has 0 aliphatic heterocycles. The Morgan fingerprint density at radius 3 is 2.70 bits per heavy atom. The third kappa shape index (κ3) is 3.90. The zero-order valence-electron chi connectivity index (χ0n) is 10.7. The molecular weight excluding hydrogens is 260 g/mol. The Bertz CT molecular complexity index is 551. The first-order valence-electron chi connectivity index (χ1n) is 5.90. The van der Waals surface area contributed by atoms with Crippen molar-refractivity contribution in [2.24, 2.45) is 5.73 Å². The highest BCUT2D eigenvalue weighted by molar-refractivity contribution is 6.41. The van der Waals surface area contributed by atoms with Crippen LogP contribution in [0.15, 0.2) is 24.3 Å². The summed E-state index contributed by atoms with van der Waals surface area (Å²) in [5.74, 6) is -1.96. The molecule has 20 heavy (non-hydrogen) atoms. The van der Waals surface area contributed by atoms with Gasteiger partial charge in [-0.3, -0.25) is 19.3 Å². The molecule has 7 nitrogen and oxygen atoms in total. The molecule has 1 aromatic rings. The first kappa shape index (κ1) is 15.3. The van der Waals surface area contributed by atoms with Gasteiger partial charge in [-0.1, -0.05) is 12.1 Å². The lowest BCUT2D eigenvalue weighted by atomic mass is 10.2. The molecule has 0 radical (unpaired) electrons. The number of nitrogens with zero attached hydrogens (tertiary/aromatic N) is 2. The van der Waals surface area contributed by atoms with Gasteiger partial charge in [0.25, 0.3) is 0 Å². The fourth-order valence-electron chi connectivity index (χ4n) is 1.46. The van der Waals surface area contributed by atoms with Crippen molar-refractivity contribution in [3.05, 3.63) is 29.8 Å². The van der Waals surface area contributed by atoms with Crippen molar-refractivity contribution in [3.63, 3.8) is 0 Å². The van der Waals surface area contributed by atoms with Crippen LogP contribution < -0.4 is 11.1 Å². The van der Waals surface area contributed by atoms with Crippen molar-refractivity contribution in [3.8, 4) is 6.07 Å². The maximum Gasteiger partial charge on any atom is 0.318 e. The van der Waals surface area contributed by atoms with E-state index in [1.165, 1.54) is 12.1 Å². The summed E-state index contributed by atoms with van der Waals surface area (Å²) in [5, 5.41) is 11.2. The normalized spacial score (nSPS) is 9.40. The Balaban J connectivity index is 2.77. The van der Waals surface area contributed by atoms with Crippen molar-refractivity contribution in [1.29, 1.82) is 5.26 Å². The average molecular weight is 274 g/mol. The predicted octanol–water partition coefficient (Wildman–Crippen LogP) is -0.169. The van der Waals surface area contributed by atoms with E-state index in [-0.39, 0.29) is 24.2 Å². The topological polar surface area (TPSA) is 116 Å². The molecular formula is C13H14N4O3. The second-order valence-corrected chi connectivity index (χ2v) is 3.86. The van der Waals surface area contributed by atoms with Gasteiger partial charge in [-0.25, -0.2) is 0 Å². The van der Waals surface area contributed by atoms with Crippen LogP contribution in [-0.4, -0.2) is 36.2 Å². The SMILES string of the molecule is N#Cc1ccccc1NC(=O)C(=O)N(C=O)CCCN. The number of imide groups is 1. The van der Waals surface area contributed by atoms with E-state index in [0.717, 1.165) is 4.90 Å². The van der Waals surface area contributed by atoms with E-state index in [1.54, 1.807) is 12.1 Å². The number of hydrogen-bond donors (Lipinski definition) is 2. The maximum atomic E-state index is 11.7. The van der Waals surface area contributed by atoms with Gasteiger partial charge in [0.1, 0.15) is 6.07 Å². The van der Waals surface area contributed by atoms with Crippen molar-refractivity contribution in [2.75, 3.05) is 18.4 Å². The van der Waals surface area contributed by atoms with Crippen molar-refractivity contribution in [2.45, 2.75) is 6.42 Å². The third-order valence-electron chi connectivity index (χ3n) is 2.48. The van der Waals surface area contributed by atoms with Crippen molar-refractivity contribution >= 4 is 23.9 Å². The van der Waals surface area contributed by atoms with Crippen molar-refractivity contribution < 1.29 is 14.4 Å². The Hall–Kier alpha value is -2.72. The Labute approximate surface area is 116 Å². The van der Waals surface area contributed by atoms with Crippen LogP contribution in [0.5, 0.6) is 0 Å². The van der Waals surface area contributed by atoms with Crippen LogP contribution in [0.25, 0.3) is 0 Å². The van der Waals surface area contributed by atoms with E-state index < -0.39 is 11.8 Å². The number of benzene rings is 1. The van der Waals surface area contributed by atoms with E-state index in [1.807, 2.05) is 6.07 Å². The van der Waals surface area contributed by atoms with Gasteiger partial charge >= 0.3 is 11.8 Å². The van der Waals surface area contributed by atoms with Crippen molar-refractivity contribution in [1.82, 2.24) is 4.90 Å². The molecule has 104 valence electrons. The molecule has 0 bridgehead atoms. The second kappa shape index (κ2) is 7.66. The summed E-state index contributed by atoms with van der Waals surface area (Å²) < 4.78 is 0. The summed E-state index contributed by atoms with van der Waals surface area (Å²) in [6.45, 7) is 0.378. The fourth-order valence-corrected chi connectivity index (χ4v) is 1.46. The minimum Gasteiger partial charge on any atom is -0.330 e. The molecule has 0 heterocycles. The summed E-state index contributed by atoms with van der Waals surface area (Å²) in [4.78, 5) is 35.0. The number of carbonyl (C=O) groups is 3. The van der Waals surface area contributed by atoms with E-state index in [2.05, 4.69) is 5.32 Å². The van der Waals surface area contributed by atoms with Gasteiger partial charge in [0.05, 0.1) is 11.3 Å². The minimum absolute atomic E-state index is 0.0755. The van der Waals surface area contributed by atoms with Gasteiger partial charge in [0.2, 0.25) is 6.41 Å². The Kier molecular flexibility index (Phi) is 5.87. The van der Waals surface area contributed by atoms with Gasteiger partial charge in [-0.05, 0) is 25.1 Å². The first-order valence-corrected chi connectivity index (χ1v) is 5.90. The molecule has 1 aromatic carbocycles. The minimum atomic E-state index is -0.985. The number of nitrogens with one attached hydrogen (secondary N) is 1. The predicted molar refractivity (Wildman–Crippen MR) is 71.2 cm³/mol. The number of nitrogens with two attached hydrogens (primary N) is 1. The van der Waals surface area contributed by atoms with Crippen LogP contribution in [0.3, 0.4) is 0 Å². The first-order chi connectivity index (χ1) is 9.63. The molecule has 0 aliphatic rings. The molecule has 1 rings (SSSR count). The quantitative estimate of drug-likeness (QED) is 0.571. The molecule has 3 amide bonds. The second-order valence-electron chi connectivity index (χ2n) is 3.86. The molecule has 0 aromatic heterocycles. The van der Waals surface area contributed by atoms with Crippen LogP contribution in [0, 0.1) is 11.3 Å². The molecule has 0 fully saturated rings. The smallest absolute Gasteiger partial charge is 0.318 e. The Morgan fingerprint density at radius 1 is 1.40 bits per heavy atom. The third-order valence-corrected chi connectivity index (χ3v) is 2.48. The van der Waals surface area contributed by atoms with E-state index in [0.29, 0.717) is 13.0 Å². The van der Waals surface area contributed by atoms with Gasteiger partial charge in [-0.2, -0.15) is 5.26 Å². The molecule has 0 aliphatic carbocycles. The number of nitriles is 1. The highest BCUT2D eigenvalue weighted by atomic mass is 16.2. The largest absolute Gasteiger partial charge is 0.330 e. The van der Waals surface area contributed by atoms with Crippen LogP contribution in [-0.2, 0) is 14.4 Å². The number of hydrogen-bond acceptors (Lipinski definition) is 5. The standard InChI is InChI=1S/C13H14N4O3/c14-6-3-7-17(9-18)13(20)12(19)16-11-5-2-1-4-10(11)8-15/h1-2,4-5,9H,3,6-7,14H2,(H,16,19). The summed E-state index contributed by atoms with van der Waals surface area (Å²) in [6.07, 6.45) is 0.695. The van der Waals surface area contributed by atoms with Gasteiger partial charge in [0.15, 0.2) is 0 Å². The molecule has 0 spiro atoms. The zero-order chi connectivity index (χ0) is 15.0. The molecule has 7 heteroatoms. The van der Waals surface area contributed by atoms with E-state index in [9.17, 15) is 14.4 Å². The summed E-state index contributed by atoms with van der Waals surface area (Å²) in [7, 11) is 0. The van der Waals surface area contributed by atoms with Gasteiger partial charge in [-0.15, -0.1) is 0 Å². The number of anilines is 1. The molecule has 0 saturated heterocycles. The molecule has 3 N–H and O–H groups in total. The van der Waals surface area contributed by atoms with E-state index >= 15 is 0 Å². The average Bonchev–Trinajstić information content (AvgIpc) is 2.48. The van der Waals surface area contributed by atoms with Gasteiger partial charge in [0, 0.05) is 6.54 Å². The lowest BCUT2D eigenvalue weighted by Gasteiger charge is -2.14. The lowest BCUT2D eigenvalue weighted by molar-refractivity contribution is -0.146. The summed E-state index contributed by atoms with van der Waals surface area (Å²) in [5.41, 5.74) is 5.73. The summed E-state index contributed by atoms with van der Waals surface area (Å²) in [6, 6.07) is 8.14. The highest BCUT2D eigenvalue weighted by Crippen LogP contribution is 2.13. The van der Waals surface area contributed by atoms with Crippen LogP contribution >= 0.6 is 0 Å². The number of amides is 3. The number of rotatable bonds is 5. The fraction of sp³-hybridized carbons (Fsp3) is 0.231. The van der Waals surface area contributed by atoms with Crippen LogP contribution in [0.2, 0.25) is 0 Å². The monoisotopic (exact) mass is 274 g/mol. The molecule has 0 atom stereocenters. The number of para-hydroxylation sites is 1. The summed E-state index contributed by atoms with van der Waals surface area (Å²) >= 11 is 0. The van der Waals surface area contributed by atoms with E-state index in [4.69, 9.17) is 11.0 Å². The number of carbonyl (C=O) groups excluding carboxylic acids is 3. The Morgan fingerprint density at radius 2 is 2.10 bits per heavy atom. The van der Waals surface area contributed by atoms with Crippen LogP contribution in [0.4, 0.5) is 5.69 Å². The van der Waals surface area contributed by atoms with Crippen LogP contribution in [0.1, 0.15) is 12.0 Å². The zero-order valence-corrected chi connectivity index (χ0v) is 10.7.